The van der Waals surface area contributed by atoms with Gasteiger partial charge in [-0.25, -0.2) is 13.4 Å². The van der Waals surface area contributed by atoms with E-state index in [0.717, 1.165) is 24.5 Å². The molecule has 1 N–H and O–H groups in total. The van der Waals surface area contributed by atoms with Gasteiger partial charge in [-0.1, -0.05) is 36.4 Å². The molecule has 0 radical (unpaired) electrons. The van der Waals surface area contributed by atoms with Gasteiger partial charge in [0.05, 0.1) is 5.75 Å². The Morgan fingerprint density at radius 1 is 1.19 bits per heavy atom. The lowest BCUT2D eigenvalue weighted by molar-refractivity contribution is 0.595. The predicted octanol–water partition coefficient (Wildman–Crippen LogP) is 1.69. The molecule has 0 amide bonds. The Bertz CT molecular complexity index is 735. The highest BCUT2D eigenvalue weighted by atomic mass is 32.2. The molecule has 0 spiro atoms. The molecule has 1 atom stereocenters. The molecular weight excluding hydrogens is 286 g/mol. The van der Waals surface area contributed by atoms with E-state index >= 15 is 0 Å². The predicted molar refractivity (Wildman–Crippen MR) is 80.4 cm³/mol. The molecule has 3 rings (SSSR count). The molecule has 2 aromatic rings. The van der Waals surface area contributed by atoms with Gasteiger partial charge in [0.2, 0.25) is 0 Å². The van der Waals surface area contributed by atoms with Gasteiger partial charge in [-0.15, -0.1) is 0 Å². The third-order valence-corrected chi connectivity index (χ3v) is 4.98. The fraction of sp³-hybridized carbons (Fsp3) is 0.333. The number of H-pyrrole nitrogens is 1. The van der Waals surface area contributed by atoms with E-state index in [4.69, 9.17) is 0 Å². The summed E-state index contributed by atoms with van der Waals surface area (Å²) in [5, 5.41) is 8.40. The van der Waals surface area contributed by atoms with E-state index in [1.807, 2.05) is 18.2 Å². The van der Waals surface area contributed by atoms with E-state index in [1.165, 1.54) is 11.0 Å². The standard InChI is InChI=1S/C15H17N3O2S/c19-21(20)9-8-13(11-21)10-15-16-14(17-18-15)7-6-12-4-2-1-3-5-12/h1-5,8-9,13H,6-7,10-11H2,(H,16,17,18)/t13-/m0/s1. The Morgan fingerprint density at radius 3 is 2.71 bits per heavy atom. The largest absolute Gasteiger partial charge is 0.263 e. The van der Waals surface area contributed by atoms with Crippen LogP contribution in [-0.4, -0.2) is 29.4 Å². The minimum atomic E-state index is -3.00. The SMILES string of the molecule is O=S1(=O)C=C[C@@H](Cc2nc(CCc3ccccc3)n[nH]2)C1. The molecule has 0 saturated heterocycles. The molecule has 1 aliphatic rings. The van der Waals surface area contributed by atoms with Crippen LogP contribution in [0.3, 0.4) is 0 Å². The number of aromatic amines is 1. The minimum absolute atomic E-state index is 0.00456. The average Bonchev–Trinajstić information content (AvgIpc) is 3.04. The molecule has 0 saturated carbocycles. The van der Waals surface area contributed by atoms with Crippen LogP contribution in [0.25, 0.3) is 0 Å². The summed E-state index contributed by atoms with van der Waals surface area (Å²) in [6, 6.07) is 10.2. The molecule has 1 aromatic carbocycles. The number of allylic oxidation sites excluding steroid dienone is 1. The van der Waals surface area contributed by atoms with Crippen molar-refractivity contribution >= 4 is 9.84 Å². The molecular formula is C15H17N3O2S. The lowest BCUT2D eigenvalue weighted by Crippen LogP contribution is -2.09. The lowest BCUT2D eigenvalue weighted by atomic mass is 10.1. The molecule has 0 bridgehead atoms. The van der Waals surface area contributed by atoms with Crippen LogP contribution in [0.5, 0.6) is 0 Å². The fourth-order valence-electron chi connectivity index (χ4n) is 2.45. The molecule has 6 heteroatoms. The molecule has 2 heterocycles. The number of hydrogen-bond donors (Lipinski definition) is 1. The minimum Gasteiger partial charge on any atom is -0.263 e. The first kappa shape index (κ1) is 14.0. The molecule has 5 nitrogen and oxygen atoms in total. The maximum atomic E-state index is 11.4. The van der Waals surface area contributed by atoms with Gasteiger partial charge in [-0.05, 0) is 17.9 Å². The molecule has 0 unspecified atom stereocenters. The van der Waals surface area contributed by atoms with Gasteiger partial charge < -0.3 is 0 Å². The summed E-state index contributed by atoms with van der Waals surface area (Å²) in [6.45, 7) is 0. The molecule has 1 aliphatic heterocycles. The van der Waals surface area contributed by atoms with Gasteiger partial charge in [0.1, 0.15) is 5.82 Å². The van der Waals surface area contributed by atoms with Crippen LogP contribution in [0, 0.1) is 5.92 Å². The summed E-state index contributed by atoms with van der Waals surface area (Å²) in [5.74, 6) is 1.71. The quantitative estimate of drug-likeness (QED) is 0.912. The highest BCUT2D eigenvalue weighted by Crippen LogP contribution is 2.18. The van der Waals surface area contributed by atoms with Gasteiger partial charge in [0.25, 0.3) is 0 Å². The summed E-state index contributed by atoms with van der Waals surface area (Å²) < 4.78 is 22.7. The zero-order valence-corrected chi connectivity index (χ0v) is 12.4. The van der Waals surface area contributed by atoms with Gasteiger partial charge in [-0.2, -0.15) is 5.10 Å². The summed E-state index contributed by atoms with van der Waals surface area (Å²) >= 11 is 0. The number of aromatic nitrogens is 3. The van der Waals surface area contributed by atoms with Crippen LogP contribution in [0.15, 0.2) is 41.8 Å². The van der Waals surface area contributed by atoms with Crippen molar-refractivity contribution < 1.29 is 8.42 Å². The maximum Gasteiger partial charge on any atom is 0.171 e. The van der Waals surface area contributed by atoms with Crippen molar-refractivity contribution in [1.29, 1.82) is 0 Å². The summed E-state index contributed by atoms with van der Waals surface area (Å²) in [6.07, 6.45) is 4.00. The van der Waals surface area contributed by atoms with Gasteiger partial charge in [0, 0.05) is 18.2 Å². The Kier molecular flexibility index (Phi) is 3.88. The molecule has 21 heavy (non-hydrogen) atoms. The van der Waals surface area contributed by atoms with Crippen LogP contribution < -0.4 is 0 Å². The number of hydrogen-bond acceptors (Lipinski definition) is 4. The van der Waals surface area contributed by atoms with Crippen LogP contribution in [0.4, 0.5) is 0 Å². The molecule has 0 fully saturated rings. The van der Waals surface area contributed by atoms with Crippen LogP contribution in [0.1, 0.15) is 17.2 Å². The highest BCUT2D eigenvalue weighted by Gasteiger charge is 2.22. The Morgan fingerprint density at radius 2 is 2.00 bits per heavy atom. The zero-order chi connectivity index (χ0) is 14.7. The zero-order valence-electron chi connectivity index (χ0n) is 11.6. The smallest absolute Gasteiger partial charge is 0.171 e. The monoisotopic (exact) mass is 303 g/mol. The van der Waals surface area contributed by atoms with E-state index in [-0.39, 0.29) is 11.7 Å². The number of benzene rings is 1. The number of nitrogens with zero attached hydrogens (tertiary/aromatic N) is 2. The van der Waals surface area contributed by atoms with E-state index in [1.54, 1.807) is 6.08 Å². The lowest BCUT2D eigenvalue weighted by Gasteiger charge is -2.02. The summed E-state index contributed by atoms with van der Waals surface area (Å²) in [7, 11) is -3.00. The first-order valence-corrected chi connectivity index (χ1v) is 8.67. The Labute approximate surface area is 124 Å². The topological polar surface area (TPSA) is 75.7 Å². The van der Waals surface area contributed by atoms with Crippen LogP contribution >= 0.6 is 0 Å². The van der Waals surface area contributed by atoms with E-state index < -0.39 is 9.84 Å². The first-order chi connectivity index (χ1) is 10.1. The molecule has 0 aliphatic carbocycles. The number of nitrogens with one attached hydrogen (secondary N) is 1. The number of aryl methyl sites for hydroxylation is 2. The second-order valence-electron chi connectivity index (χ2n) is 5.31. The summed E-state index contributed by atoms with van der Waals surface area (Å²) in [5.41, 5.74) is 1.26. The van der Waals surface area contributed by atoms with Crippen LogP contribution in [0.2, 0.25) is 0 Å². The van der Waals surface area contributed by atoms with Crippen molar-refractivity contribution in [2.75, 3.05) is 5.75 Å². The maximum absolute atomic E-state index is 11.4. The number of sulfone groups is 1. The Hall–Kier alpha value is -1.95. The highest BCUT2D eigenvalue weighted by molar-refractivity contribution is 7.94. The van der Waals surface area contributed by atoms with Crippen LogP contribution in [-0.2, 0) is 29.1 Å². The Balaban J connectivity index is 1.56. The van der Waals surface area contributed by atoms with Crippen molar-refractivity contribution in [2.45, 2.75) is 19.3 Å². The first-order valence-electron chi connectivity index (χ1n) is 6.96. The number of rotatable bonds is 5. The molecule has 1 aromatic heterocycles. The van der Waals surface area contributed by atoms with Crippen molar-refractivity contribution in [2.24, 2.45) is 5.92 Å². The van der Waals surface area contributed by atoms with Gasteiger partial charge in [-0.3, -0.25) is 5.10 Å². The third kappa shape index (κ3) is 3.78. The van der Waals surface area contributed by atoms with E-state index in [9.17, 15) is 8.42 Å². The van der Waals surface area contributed by atoms with Crippen molar-refractivity contribution in [3.63, 3.8) is 0 Å². The third-order valence-electron chi connectivity index (χ3n) is 3.52. The van der Waals surface area contributed by atoms with Crippen molar-refractivity contribution in [3.8, 4) is 0 Å². The van der Waals surface area contributed by atoms with Crippen molar-refractivity contribution in [3.05, 3.63) is 59.0 Å². The van der Waals surface area contributed by atoms with E-state index in [2.05, 4.69) is 27.3 Å². The van der Waals surface area contributed by atoms with Crippen molar-refractivity contribution in [1.82, 2.24) is 15.2 Å². The normalized spacial score (nSPS) is 19.9. The molecule has 110 valence electrons. The summed E-state index contributed by atoms with van der Waals surface area (Å²) in [4.78, 5) is 4.44. The second-order valence-corrected chi connectivity index (χ2v) is 7.24. The average molecular weight is 303 g/mol. The van der Waals surface area contributed by atoms with Gasteiger partial charge in [0.15, 0.2) is 15.7 Å². The second kappa shape index (κ2) is 5.81. The fourth-order valence-corrected chi connectivity index (χ4v) is 3.85. The van der Waals surface area contributed by atoms with Gasteiger partial charge >= 0.3 is 0 Å². The van der Waals surface area contributed by atoms with E-state index in [0.29, 0.717) is 6.42 Å².